The Morgan fingerprint density at radius 1 is 1.46 bits per heavy atom. The molecule has 0 spiro atoms. The predicted molar refractivity (Wildman–Crippen MR) is 53.1 cm³/mol. The predicted octanol–water partition coefficient (Wildman–Crippen LogP) is 2.85. The third-order valence-electron chi connectivity index (χ3n) is 2.28. The fraction of sp³-hybridized carbons (Fsp3) is 0.636. The summed E-state index contributed by atoms with van der Waals surface area (Å²) >= 11 is 0. The Balaban J connectivity index is 4.41. The summed E-state index contributed by atoms with van der Waals surface area (Å²) in [6.45, 7) is 4.01. The highest BCUT2D eigenvalue weighted by atomic mass is 16.1. The summed E-state index contributed by atoms with van der Waals surface area (Å²) in [6, 6.07) is 2.08. The Labute approximate surface area is 80.3 Å². The van der Waals surface area contributed by atoms with Crippen molar-refractivity contribution in [3.8, 4) is 6.07 Å². The van der Waals surface area contributed by atoms with E-state index >= 15 is 0 Å². The van der Waals surface area contributed by atoms with Crippen LogP contribution in [0.1, 0.15) is 39.5 Å². The van der Waals surface area contributed by atoms with Crippen LogP contribution in [0.15, 0.2) is 12.2 Å². The Bertz CT molecular complexity index is 215. The minimum Gasteiger partial charge on any atom is -0.302 e. The van der Waals surface area contributed by atoms with Crippen molar-refractivity contribution in [3.05, 3.63) is 12.2 Å². The first-order valence-corrected chi connectivity index (χ1v) is 4.75. The Morgan fingerprint density at radius 3 is 2.54 bits per heavy atom. The van der Waals surface area contributed by atoms with E-state index in [1.165, 1.54) is 0 Å². The van der Waals surface area contributed by atoms with E-state index in [0.29, 0.717) is 12.8 Å². The van der Waals surface area contributed by atoms with Gasteiger partial charge in [0.1, 0.15) is 6.29 Å². The molecule has 0 N–H and O–H groups in total. The number of carbonyl (C=O) groups is 1. The Morgan fingerprint density at radius 2 is 2.15 bits per heavy atom. The lowest BCUT2D eigenvalue weighted by Gasteiger charge is -2.20. The van der Waals surface area contributed by atoms with Crippen LogP contribution in [0.4, 0.5) is 0 Å². The molecule has 2 nitrogen and oxygen atoms in total. The molecule has 0 amide bonds. The number of rotatable bonds is 6. The van der Waals surface area contributed by atoms with E-state index in [4.69, 9.17) is 5.26 Å². The van der Waals surface area contributed by atoms with Gasteiger partial charge in [0.25, 0.3) is 0 Å². The fourth-order valence-electron chi connectivity index (χ4n) is 1.20. The van der Waals surface area contributed by atoms with E-state index in [0.717, 1.165) is 19.1 Å². The number of nitriles is 1. The van der Waals surface area contributed by atoms with Gasteiger partial charge in [0.2, 0.25) is 0 Å². The maximum absolute atomic E-state index is 10.9. The molecule has 0 rings (SSSR count). The summed E-state index contributed by atoms with van der Waals surface area (Å²) < 4.78 is 0. The van der Waals surface area contributed by atoms with E-state index in [1.54, 1.807) is 0 Å². The summed E-state index contributed by atoms with van der Waals surface area (Å²) in [6.07, 6.45) is 7.70. The lowest BCUT2D eigenvalue weighted by Crippen LogP contribution is -2.18. The maximum atomic E-state index is 10.9. The van der Waals surface area contributed by atoms with Crippen molar-refractivity contribution in [2.24, 2.45) is 5.41 Å². The zero-order valence-electron chi connectivity index (χ0n) is 8.42. The number of hydrogen-bond acceptors (Lipinski definition) is 2. The standard InChI is InChI=1S/C11H17NO/c1-3-5-7-11(4-2,10-13)8-6-9-12/h5,7,10H,3-4,6,8H2,1-2H3. The molecule has 0 bridgehead atoms. The highest BCUT2D eigenvalue weighted by molar-refractivity contribution is 5.62. The highest BCUT2D eigenvalue weighted by Crippen LogP contribution is 2.27. The van der Waals surface area contributed by atoms with Gasteiger partial charge in [-0.1, -0.05) is 26.0 Å². The minimum absolute atomic E-state index is 0.397. The topological polar surface area (TPSA) is 40.9 Å². The first kappa shape index (κ1) is 11.9. The van der Waals surface area contributed by atoms with Crippen molar-refractivity contribution in [2.75, 3.05) is 0 Å². The van der Waals surface area contributed by atoms with Gasteiger partial charge < -0.3 is 4.79 Å². The average molecular weight is 179 g/mol. The average Bonchev–Trinajstić information content (AvgIpc) is 2.20. The van der Waals surface area contributed by atoms with Crippen molar-refractivity contribution in [1.82, 2.24) is 0 Å². The third-order valence-corrected chi connectivity index (χ3v) is 2.28. The minimum atomic E-state index is -0.397. The van der Waals surface area contributed by atoms with E-state index in [9.17, 15) is 4.79 Å². The monoisotopic (exact) mass is 179 g/mol. The SMILES string of the molecule is CCC=CC(C=O)(CC)CCC#N. The number of nitrogens with zero attached hydrogens (tertiary/aromatic N) is 1. The van der Waals surface area contributed by atoms with Gasteiger partial charge in [0.15, 0.2) is 0 Å². The highest BCUT2D eigenvalue weighted by Gasteiger charge is 2.23. The van der Waals surface area contributed by atoms with Crippen LogP contribution in [0.25, 0.3) is 0 Å². The number of carbonyl (C=O) groups excluding carboxylic acids is 1. The van der Waals surface area contributed by atoms with Gasteiger partial charge in [0, 0.05) is 11.8 Å². The van der Waals surface area contributed by atoms with Gasteiger partial charge in [-0.25, -0.2) is 0 Å². The lowest BCUT2D eigenvalue weighted by molar-refractivity contribution is -0.114. The summed E-state index contributed by atoms with van der Waals surface area (Å²) in [7, 11) is 0. The Kier molecular flexibility index (Phi) is 5.88. The van der Waals surface area contributed by atoms with Crippen LogP contribution in [-0.2, 0) is 4.79 Å². The van der Waals surface area contributed by atoms with E-state index in [1.807, 2.05) is 26.0 Å². The Hall–Kier alpha value is -1.10. The van der Waals surface area contributed by atoms with Gasteiger partial charge in [-0.05, 0) is 19.3 Å². The number of allylic oxidation sites excluding steroid dienone is 2. The van der Waals surface area contributed by atoms with Crippen molar-refractivity contribution in [1.29, 1.82) is 5.26 Å². The van der Waals surface area contributed by atoms with E-state index in [2.05, 4.69) is 6.07 Å². The molecule has 0 aromatic heterocycles. The summed E-state index contributed by atoms with van der Waals surface area (Å²) in [5.74, 6) is 0. The zero-order chi connectivity index (χ0) is 10.2. The molecule has 72 valence electrons. The van der Waals surface area contributed by atoms with E-state index in [-0.39, 0.29) is 0 Å². The van der Waals surface area contributed by atoms with Crippen LogP contribution in [0.2, 0.25) is 0 Å². The van der Waals surface area contributed by atoms with Crippen LogP contribution in [0.5, 0.6) is 0 Å². The maximum Gasteiger partial charge on any atom is 0.129 e. The molecule has 0 aliphatic carbocycles. The molecule has 0 aromatic carbocycles. The molecule has 0 heterocycles. The summed E-state index contributed by atoms with van der Waals surface area (Å²) in [4.78, 5) is 10.9. The smallest absolute Gasteiger partial charge is 0.129 e. The van der Waals surface area contributed by atoms with Crippen LogP contribution >= 0.6 is 0 Å². The van der Waals surface area contributed by atoms with Crippen LogP contribution in [0, 0.1) is 16.7 Å². The molecular formula is C11H17NO. The fourth-order valence-corrected chi connectivity index (χ4v) is 1.20. The van der Waals surface area contributed by atoms with Gasteiger partial charge in [-0.2, -0.15) is 5.26 Å². The summed E-state index contributed by atoms with van der Waals surface area (Å²) in [5, 5.41) is 8.46. The van der Waals surface area contributed by atoms with Crippen molar-refractivity contribution in [2.45, 2.75) is 39.5 Å². The molecule has 2 heteroatoms. The molecule has 0 saturated carbocycles. The molecule has 0 radical (unpaired) electrons. The third kappa shape index (κ3) is 3.89. The summed E-state index contributed by atoms with van der Waals surface area (Å²) in [5.41, 5.74) is -0.397. The van der Waals surface area contributed by atoms with Gasteiger partial charge in [0.05, 0.1) is 6.07 Å². The zero-order valence-corrected chi connectivity index (χ0v) is 8.42. The van der Waals surface area contributed by atoms with Crippen LogP contribution < -0.4 is 0 Å². The number of hydrogen-bond donors (Lipinski definition) is 0. The van der Waals surface area contributed by atoms with Gasteiger partial charge in [-0.3, -0.25) is 0 Å². The quantitative estimate of drug-likeness (QED) is 0.464. The second kappa shape index (κ2) is 6.42. The van der Waals surface area contributed by atoms with Gasteiger partial charge >= 0.3 is 0 Å². The van der Waals surface area contributed by atoms with E-state index < -0.39 is 5.41 Å². The first-order chi connectivity index (χ1) is 6.24. The largest absolute Gasteiger partial charge is 0.302 e. The number of aldehydes is 1. The van der Waals surface area contributed by atoms with Gasteiger partial charge in [-0.15, -0.1) is 0 Å². The van der Waals surface area contributed by atoms with Crippen molar-refractivity contribution < 1.29 is 4.79 Å². The van der Waals surface area contributed by atoms with Crippen LogP contribution in [-0.4, -0.2) is 6.29 Å². The second-order valence-corrected chi connectivity index (χ2v) is 3.17. The van der Waals surface area contributed by atoms with Crippen molar-refractivity contribution in [3.63, 3.8) is 0 Å². The molecule has 1 unspecified atom stereocenters. The van der Waals surface area contributed by atoms with Crippen LogP contribution in [0.3, 0.4) is 0 Å². The lowest BCUT2D eigenvalue weighted by atomic mass is 9.82. The normalized spacial score (nSPS) is 15.2. The van der Waals surface area contributed by atoms with Crippen molar-refractivity contribution >= 4 is 6.29 Å². The molecule has 13 heavy (non-hydrogen) atoms. The molecule has 0 aliphatic heterocycles. The second-order valence-electron chi connectivity index (χ2n) is 3.17. The molecule has 0 saturated heterocycles. The molecular weight excluding hydrogens is 162 g/mol. The molecule has 0 fully saturated rings. The first-order valence-electron chi connectivity index (χ1n) is 4.75. The molecule has 0 aliphatic rings. The molecule has 1 atom stereocenters. The molecule has 0 aromatic rings.